The molecule has 2 bridgehead atoms. The van der Waals surface area contributed by atoms with Crippen molar-refractivity contribution in [2.24, 2.45) is 10.8 Å². The number of aromatic hydroxyl groups is 1. The number of fused-ring (bicyclic) bond motifs is 2. The average Bonchev–Trinajstić information content (AvgIpc) is 3.13. The first-order valence-electron chi connectivity index (χ1n) is 11.6. The number of aromatic nitrogens is 5. The highest BCUT2D eigenvalue weighted by atomic mass is 32.2. The van der Waals surface area contributed by atoms with Gasteiger partial charge in [-0.3, -0.25) is 0 Å². The summed E-state index contributed by atoms with van der Waals surface area (Å²) in [6, 6.07) is 4.37. The topological polar surface area (TPSA) is 87.9 Å². The maximum Gasteiger partial charge on any atom is 0.187 e. The van der Waals surface area contributed by atoms with E-state index in [1.807, 2.05) is 11.9 Å². The van der Waals surface area contributed by atoms with Crippen LogP contribution in [-0.2, 0) is 0 Å². The minimum atomic E-state index is -0.949. The number of hydrogen-bond acceptors (Lipinski definition) is 8. The Morgan fingerprint density at radius 2 is 1.94 bits per heavy atom. The van der Waals surface area contributed by atoms with E-state index in [4.69, 9.17) is 0 Å². The number of phenols is 1. The van der Waals surface area contributed by atoms with Gasteiger partial charge in [-0.15, -0.1) is 10.2 Å². The normalized spacial score (nSPS) is 27.7. The molecule has 0 unspecified atom stereocenters. The summed E-state index contributed by atoms with van der Waals surface area (Å²) < 4.78 is 29.8. The van der Waals surface area contributed by atoms with Crippen molar-refractivity contribution < 1.29 is 13.9 Å². The van der Waals surface area contributed by atoms with Gasteiger partial charge < -0.3 is 10.0 Å². The number of halogens is 2. The fourth-order valence-electron chi connectivity index (χ4n) is 5.80. The van der Waals surface area contributed by atoms with Gasteiger partial charge in [0.25, 0.3) is 0 Å². The van der Waals surface area contributed by atoms with Crippen LogP contribution in [0.4, 0.5) is 14.6 Å². The van der Waals surface area contributed by atoms with E-state index in [0.29, 0.717) is 22.1 Å². The van der Waals surface area contributed by atoms with Crippen LogP contribution < -0.4 is 4.90 Å². The quantitative estimate of drug-likeness (QED) is 0.374. The number of hydrogen-bond donors (Lipinski definition) is 1. The monoisotopic (exact) mass is 498 g/mol. The highest BCUT2D eigenvalue weighted by Gasteiger charge is 2.56. The van der Waals surface area contributed by atoms with Crippen LogP contribution in [0.15, 0.2) is 35.7 Å². The Labute approximate surface area is 207 Å². The summed E-state index contributed by atoms with van der Waals surface area (Å²) in [4.78, 5) is 14.3. The zero-order valence-electron chi connectivity index (χ0n) is 20.2. The lowest BCUT2D eigenvalue weighted by atomic mass is 9.67. The Morgan fingerprint density at radius 1 is 1.14 bits per heavy atom. The second-order valence-electron chi connectivity index (χ2n) is 10.4. The molecule has 2 saturated carbocycles. The van der Waals surface area contributed by atoms with Crippen LogP contribution in [0.25, 0.3) is 22.6 Å². The molecule has 2 aliphatic carbocycles. The van der Waals surface area contributed by atoms with Crippen LogP contribution in [0.3, 0.4) is 0 Å². The summed E-state index contributed by atoms with van der Waals surface area (Å²) >= 11 is 1.30. The lowest BCUT2D eigenvalue weighted by Crippen LogP contribution is -2.52. The van der Waals surface area contributed by atoms with Crippen molar-refractivity contribution >= 4 is 17.6 Å². The minimum absolute atomic E-state index is 0.104. The van der Waals surface area contributed by atoms with Crippen molar-refractivity contribution in [3.63, 3.8) is 0 Å². The number of anilines is 1. The number of nitrogens with zero attached hydrogens (tertiary/aromatic N) is 6. The second kappa shape index (κ2) is 8.65. The van der Waals surface area contributed by atoms with Gasteiger partial charge in [0.05, 0.1) is 24.0 Å². The molecule has 0 saturated heterocycles. The van der Waals surface area contributed by atoms with E-state index in [9.17, 15) is 9.50 Å². The first-order valence-corrected chi connectivity index (χ1v) is 12.8. The van der Waals surface area contributed by atoms with Crippen LogP contribution in [0, 0.1) is 16.6 Å². The van der Waals surface area contributed by atoms with Gasteiger partial charge in [0, 0.05) is 18.0 Å². The van der Waals surface area contributed by atoms with E-state index in [0.717, 1.165) is 31.9 Å². The van der Waals surface area contributed by atoms with Gasteiger partial charge in [0.15, 0.2) is 22.6 Å². The molecule has 3 aromatic rings. The van der Waals surface area contributed by atoms with E-state index in [2.05, 4.69) is 39.0 Å². The van der Waals surface area contributed by atoms with Crippen molar-refractivity contribution in [1.82, 2.24) is 25.1 Å². The van der Waals surface area contributed by atoms with Crippen molar-refractivity contribution in [2.45, 2.75) is 56.9 Å². The largest absolute Gasteiger partial charge is 0.507 e. The molecule has 4 atom stereocenters. The van der Waals surface area contributed by atoms with E-state index in [1.54, 1.807) is 24.6 Å². The molecule has 1 N–H and O–H groups in total. The number of alkyl halides is 1. The third kappa shape index (κ3) is 4.22. The van der Waals surface area contributed by atoms with Gasteiger partial charge in [-0.05, 0) is 49.5 Å². The third-order valence-electron chi connectivity index (χ3n) is 7.66. The summed E-state index contributed by atoms with van der Waals surface area (Å²) in [6.45, 7) is 4.30. The van der Waals surface area contributed by atoms with E-state index >= 15 is 4.39 Å². The van der Waals surface area contributed by atoms with Gasteiger partial charge in [0.2, 0.25) is 0 Å². The molecule has 0 amide bonds. The predicted octanol–water partition coefficient (Wildman–Crippen LogP) is 5.31. The van der Waals surface area contributed by atoms with Crippen molar-refractivity contribution in [3.8, 4) is 28.4 Å². The Morgan fingerprint density at radius 3 is 2.63 bits per heavy atom. The summed E-state index contributed by atoms with van der Waals surface area (Å²) in [7, 11) is 1.84. The fraction of sp³-hybridized carbons (Fsp3) is 0.480. The third-order valence-corrected chi connectivity index (χ3v) is 8.22. The van der Waals surface area contributed by atoms with Crippen LogP contribution in [0.5, 0.6) is 5.75 Å². The SMILES string of the molecule is CSc1ncc(F)c(-c2ccc(-c3ncc(N(C)[C@H]4C[C@]5(C)CC[C@@](C)(C5)[C@H]4F)nn3)c(O)c2)n1. The fourth-order valence-corrected chi connectivity index (χ4v) is 6.14. The lowest BCUT2D eigenvalue weighted by Gasteiger charge is -2.46. The predicted molar refractivity (Wildman–Crippen MR) is 131 cm³/mol. The number of thioether (sulfide) groups is 1. The molecule has 2 aromatic heterocycles. The van der Waals surface area contributed by atoms with Gasteiger partial charge in [0.1, 0.15) is 17.6 Å². The van der Waals surface area contributed by atoms with Gasteiger partial charge in [-0.2, -0.15) is 0 Å². The van der Waals surface area contributed by atoms with Gasteiger partial charge >= 0.3 is 0 Å². The zero-order chi connectivity index (χ0) is 25.0. The standard InChI is InChI=1S/C25H28F2N6OS/c1-24-7-8-25(2,13-24)21(27)17(10-24)33(3)19-12-28-22(32-31-19)15-6-5-14(9-18(15)34)20-16(26)11-29-23(30-20)35-4/h5-6,9,11-12,17,21,34H,7-8,10,13H2,1-4H3/t17-,21-,24-,25-/m0/s1. The molecule has 10 heteroatoms. The van der Waals surface area contributed by atoms with Crippen molar-refractivity contribution in [3.05, 3.63) is 36.4 Å². The summed E-state index contributed by atoms with van der Waals surface area (Å²) in [5.74, 6) is 0.00481. The Bertz CT molecular complexity index is 1260. The van der Waals surface area contributed by atoms with E-state index in [-0.39, 0.29) is 34.1 Å². The molecule has 0 spiro atoms. The van der Waals surface area contributed by atoms with Gasteiger partial charge in [-0.25, -0.2) is 23.7 Å². The van der Waals surface area contributed by atoms with Crippen LogP contribution in [0.1, 0.15) is 39.5 Å². The molecule has 1 aromatic carbocycles. The molecule has 0 aliphatic heterocycles. The van der Waals surface area contributed by atoms with Gasteiger partial charge in [-0.1, -0.05) is 31.7 Å². The van der Waals surface area contributed by atoms with Crippen LogP contribution in [-0.4, -0.2) is 55.8 Å². The van der Waals surface area contributed by atoms with Crippen molar-refractivity contribution in [1.29, 1.82) is 0 Å². The molecule has 5 rings (SSSR count). The maximum atomic E-state index is 15.5. The first-order chi connectivity index (χ1) is 16.6. The molecule has 2 heterocycles. The summed E-state index contributed by atoms with van der Waals surface area (Å²) in [6.07, 6.45) is 7.16. The summed E-state index contributed by atoms with van der Waals surface area (Å²) in [5, 5.41) is 19.5. The molecule has 35 heavy (non-hydrogen) atoms. The van der Waals surface area contributed by atoms with E-state index in [1.165, 1.54) is 17.8 Å². The second-order valence-corrected chi connectivity index (χ2v) is 11.1. The molecule has 7 nitrogen and oxygen atoms in total. The highest BCUT2D eigenvalue weighted by molar-refractivity contribution is 7.98. The molecular formula is C25H28F2N6OS. The first kappa shape index (κ1) is 23.8. The average molecular weight is 499 g/mol. The van der Waals surface area contributed by atoms with Crippen molar-refractivity contribution in [2.75, 3.05) is 18.2 Å². The van der Waals surface area contributed by atoms with E-state index < -0.39 is 12.0 Å². The number of benzene rings is 1. The molecule has 184 valence electrons. The molecule has 2 fully saturated rings. The number of rotatable bonds is 5. The van der Waals surface area contributed by atoms with Crippen LogP contribution >= 0.6 is 11.8 Å². The molecule has 2 aliphatic rings. The summed E-state index contributed by atoms with van der Waals surface area (Å²) in [5.41, 5.74) is 0.708. The Hall–Kier alpha value is -2.88. The Balaban J connectivity index is 1.38. The minimum Gasteiger partial charge on any atom is -0.507 e. The Kier molecular flexibility index (Phi) is 5.89. The van der Waals surface area contributed by atoms with Crippen LogP contribution in [0.2, 0.25) is 0 Å². The molecular weight excluding hydrogens is 470 g/mol. The highest BCUT2D eigenvalue weighted by Crippen LogP contribution is 2.59. The smallest absolute Gasteiger partial charge is 0.187 e. The number of phenolic OH excluding ortho intramolecular Hbond substituents is 1. The molecule has 0 radical (unpaired) electrons. The zero-order valence-corrected chi connectivity index (χ0v) is 21.0. The maximum absolute atomic E-state index is 15.5. The lowest BCUT2D eigenvalue weighted by molar-refractivity contribution is 0.0380.